The summed E-state index contributed by atoms with van der Waals surface area (Å²) < 4.78 is 4.02. The van der Waals surface area contributed by atoms with Gasteiger partial charge in [-0.3, -0.25) is 4.79 Å². The van der Waals surface area contributed by atoms with Gasteiger partial charge in [-0.2, -0.15) is 4.99 Å². The van der Waals surface area contributed by atoms with Crippen molar-refractivity contribution in [3.8, 4) is 0 Å². The van der Waals surface area contributed by atoms with Crippen LogP contribution >= 0.6 is 34.3 Å². The number of amides is 1. The Hall–Kier alpha value is -2.02. The molecule has 0 aliphatic heterocycles. The lowest BCUT2D eigenvalue weighted by Crippen LogP contribution is -2.15. The van der Waals surface area contributed by atoms with Gasteiger partial charge in [0.15, 0.2) is 9.81 Å². The third-order valence-electron chi connectivity index (χ3n) is 3.64. The number of aryl methyl sites for hydroxylation is 1. The minimum atomic E-state index is -0.309. The molecule has 4 rings (SSSR count). The van der Waals surface area contributed by atoms with E-state index >= 15 is 0 Å². The average Bonchev–Trinajstić information content (AvgIpc) is 3.14. The molecule has 0 bridgehead atoms. The summed E-state index contributed by atoms with van der Waals surface area (Å²) in [5.74, 6) is -0.309. The maximum absolute atomic E-state index is 12.5. The van der Waals surface area contributed by atoms with Gasteiger partial charge in [0.2, 0.25) is 0 Å². The quantitative estimate of drug-likeness (QED) is 0.510. The number of benzene rings is 2. The molecule has 0 aliphatic carbocycles. The van der Waals surface area contributed by atoms with Crippen molar-refractivity contribution in [3.05, 3.63) is 57.3 Å². The standard InChI is InChI=1S/C17H12ClN3OS2/c1-2-21-12-8-7-10(18)9-14(12)24-17(21)20-15(22)16-19-11-5-3-4-6-13(11)23-16/h3-9H,2H2,1H3. The Kier molecular flexibility index (Phi) is 3.96. The first-order valence-electron chi connectivity index (χ1n) is 7.39. The van der Waals surface area contributed by atoms with Crippen molar-refractivity contribution in [2.24, 2.45) is 4.99 Å². The van der Waals surface area contributed by atoms with E-state index in [1.807, 2.05) is 54.0 Å². The molecule has 2 heterocycles. The summed E-state index contributed by atoms with van der Waals surface area (Å²) in [6.45, 7) is 2.76. The van der Waals surface area contributed by atoms with Gasteiger partial charge in [-0.1, -0.05) is 35.1 Å². The summed E-state index contributed by atoms with van der Waals surface area (Å²) in [6.07, 6.45) is 0. The summed E-state index contributed by atoms with van der Waals surface area (Å²) in [5, 5.41) is 1.09. The Morgan fingerprint density at radius 1 is 1.21 bits per heavy atom. The molecule has 0 saturated carbocycles. The van der Waals surface area contributed by atoms with Crippen LogP contribution in [0.2, 0.25) is 5.02 Å². The largest absolute Gasteiger partial charge is 0.317 e. The van der Waals surface area contributed by atoms with Crippen molar-refractivity contribution in [1.29, 1.82) is 0 Å². The van der Waals surface area contributed by atoms with Gasteiger partial charge in [0.05, 0.1) is 20.4 Å². The molecule has 2 aromatic carbocycles. The van der Waals surface area contributed by atoms with E-state index in [-0.39, 0.29) is 5.91 Å². The van der Waals surface area contributed by atoms with Crippen LogP contribution in [0.4, 0.5) is 0 Å². The van der Waals surface area contributed by atoms with Gasteiger partial charge in [-0.05, 0) is 37.3 Å². The number of hydrogen-bond acceptors (Lipinski definition) is 4. The highest BCUT2D eigenvalue weighted by atomic mass is 35.5. The van der Waals surface area contributed by atoms with Crippen LogP contribution in [0, 0.1) is 0 Å². The van der Waals surface area contributed by atoms with Gasteiger partial charge in [-0.25, -0.2) is 4.98 Å². The number of fused-ring (bicyclic) bond motifs is 2. The molecule has 0 atom stereocenters. The Balaban J connectivity index is 1.84. The highest BCUT2D eigenvalue weighted by Gasteiger charge is 2.13. The van der Waals surface area contributed by atoms with E-state index in [9.17, 15) is 4.79 Å². The fourth-order valence-electron chi connectivity index (χ4n) is 2.54. The number of carbonyl (C=O) groups excluding carboxylic acids is 1. The number of hydrogen-bond donors (Lipinski definition) is 0. The minimum Gasteiger partial charge on any atom is -0.317 e. The fraction of sp³-hybridized carbons (Fsp3) is 0.118. The zero-order chi connectivity index (χ0) is 16.7. The summed E-state index contributed by atoms with van der Waals surface area (Å²) in [7, 11) is 0. The first kappa shape index (κ1) is 15.5. The lowest BCUT2D eigenvalue weighted by molar-refractivity contribution is 0.0997. The Labute approximate surface area is 150 Å². The molecule has 1 amide bonds. The summed E-state index contributed by atoms with van der Waals surface area (Å²) in [5.41, 5.74) is 1.86. The Bertz CT molecular complexity index is 1110. The lowest BCUT2D eigenvalue weighted by Gasteiger charge is -1.99. The lowest BCUT2D eigenvalue weighted by atomic mass is 10.3. The highest BCUT2D eigenvalue weighted by molar-refractivity contribution is 7.20. The van der Waals surface area contributed by atoms with Crippen molar-refractivity contribution in [2.45, 2.75) is 13.5 Å². The Morgan fingerprint density at radius 2 is 2.04 bits per heavy atom. The van der Waals surface area contributed by atoms with Crippen LogP contribution in [0.15, 0.2) is 47.5 Å². The maximum atomic E-state index is 12.5. The minimum absolute atomic E-state index is 0.309. The Morgan fingerprint density at radius 3 is 2.83 bits per heavy atom. The summed E-state index contributed by atoms with van der Waals surface area (Å²) >= 11 is 8.89. The van der Waals surface area contributed by atoms with E-state index in [0.717, 1.165) is 27.0 Å². The normalized spacial score (nSPS) is 12.3. The second-order valence-corrected chi connectivity index (χ2v) is 7.62. The smallest absolute Gasteiger partial charge is 0.308 e. The third kappa shape index (κ3) is 2.66. The second-order valence-electron chi connectivity index (χ2n) is 5.14. The molecule has 2 aromatic heterocycles. The molecule has 0 aliphatic rings. The zero-order valence-electron chi connectivity index (χ0n) is 12.7. The zero-order valence-corrected chi connectivity index (χ0v) is 15.1. The highest BCUT2D eigenvalue weighted by Crippen LogP contribution is 2.23. The van der Waals surface area contributed by atoms with E-state index in [1.165, 1.54) is 22.7 Å². The van der Waals surface area contributed by atoms with Crippen LogP contribution in [0.25, 0.3) is 20.4 Å². The molecule has 0 radical (unpaired) electrons. The molecular formula is C17H12ClN3OS2. The van der Waals surface area contributed by atoms with Crippen LogP contribution in [0.1, 0.15) is 16.7 Å². The number of carbonyl (C=O) groups is 1. The SMILES string of the molecule is CCn1c(=NC(=O)c2nc3ccccc3s2)sc2cc(Cl)ccc21. The van der Waals surface area contributed by atoms with Crippen LogP contribution in [-0.4, -0.2) is 15.5 Å². The van der Waals surface area contributed by atoms with Crippen molar-refractivity contribution in [1.82, 2.24) is 9.55 Å². The predicted molar refractivity (Wildman–Crippen MR) is 100 cm³/mol. The van der Waals surface area contributed by atoms with Gasteiger partial charge in [-0.15, -0.1) is 11.3 Å². The number of aromatic nitrogens is 2. The van der Waals surface area contributed by atoms with E-state index in [2.05, 4.69) is 9.98 Å². The molecule has 4 aromatic rings. The second kappa shape index (κ2) is 6.12. The monoisotopic (exact) mass is 373 g/mol. The number of rotatable bonds is 2. The van der Waals surface area contributed by atoms with Gasteiger partial charge < -0.3 is 4.57 Å². The number of thiazole rings is 2. The van der Waals surface area contributed by atoms with Crippen molar-refractivity contribution in [2.75, 3.05) is 0 Å². The number of nitrogens with zero attached hydrogens (tertiary/aromatic N) is 3. The van der Waals surface area contributed by atoms with Crippen molar-refractivity contribution < 1.29 is 4.79 Å². The summed E-state index contributed by atoms with van der Waals surface area (Å²) in [4.78, 5) is 21.9. The molecule has 4 nitrogen and oxygen atoms in total. The van der Waals surface area contributed by atoms with Crippen LogP contribution < -0.4 is 4.80 Å². The predicted octanol–water partition coefficient (Wildman–Crippen LogP) is 4.73. The summed E-state index contributed by atoms with van der Waals surface area (Å²) in [6, 6.07) is 13.4. The van der Waals surface area contributed by atoms with Crippen LogP contribution in [-0.2, 0) is 6.54 Å². The van der Waals surface area contributed by atoms with Crippen molar-refractivity contribution >= 4 is 60.6 Å². The molecular weight excluding hydrogens is 362 g/mol. The molecule has 0 spiro atoms. The molecule has 7 heteroatoms. The topological polar surface area (TPSA) is 47.2 Å². The van der Waals surface area contributed by atoms with E-state index < -0.39 is 0 Å². The first-order valence-corrected chi connectivity index (χ1v) is 9.40. The molecule has 0 N–H and O–H groups in total. The number of para-hydroxylation sites is 1. The van der Waals surface area contributed by atoms with Crippen LogP contribution in [0.3, 0.4) is 0 Å². The van der Waals surface area contributed by atoms with Crippen molar-refractivity contribution in [3.63, 3.8) is 0 Å². The number of halogens is 1. The molecule has 0 unspecified atom stereocenters. The van der Waals surface area contributed by atoms with Gasteiger partial charge >= 0.3 is 5.91 Å². The fourth-order valence-corrected chi connectivity index (χ4v) is 4.75. The van der Waals surface area contributed by atoms with Gasteiger partial charge in [0.25, 0.3) is 0 Å². The average molecular weight is 374 g/mol. The molecule has 0 fully saturated rings. The van der Waals surface area contributed by atoms with E-state index in [0.29, 0.717) is 14.8 Å². The first-order chi connectivity index (χ1) is 11.7. The maximum Gasteiger partial charge on any atom is 0.308 e. The third-order valence-corrected chi connectivity index (χ3v) is 5.94. The van der Waals surface area contributed by atoms with Gasteiger partial charge in [0.1, 0.15) is 0 Å². The molecule has 120 valence electrons. The van der Waals surface area contributed by atoms with Gasteiger partial charge in [0, 0.05) is 11.6 Å². The molecule has 24 heavy (non-hydrogen) atoms. The van der Waals surface area contributed by atoms with Crippen LogP contribution in [0.5, 0.6) is 0 Å². The molecule has 0 saturated heterocycles. The van der Waals surface area contributed by atoms with E-state index in [1.54, 1.807) is 0 Å². The van der Waals surface area contributed by atoms with E-state index in [4.69, 9.17) is 11.6 Å².